The number of aromatic nitrogens is 1. The number of carbonyl (C=O) groups excluding carboxylic acids is 2. The molecule has 42 heavy (non-hydrogen) atoms. The van der Waals surface area contributed by atoms with Gasteiger partial charge < -0.3 is 9.64 Å². The third-order valence-electron chi connectivity index (χ3n) is 7.53. The first kappa shape index (κ1) is 36.4. The van der Waals surface area contributed by atoms with Gasteiger partial charge in [0.05, 0.1) is 5.75 Å². The van der Waals surface area contributed by atoms with E-state index in [2.05, 4.69) is 33.9 Å². The molecule has 1 saturated heterocycles. The van der Waals surface area contributed by atoms with E-state index in [4.69, 9.17) is 4.74 Å². The van der Waals surface area contributed by atoms with Gasteiger partial charge in [0.25, 0.3) is 0 Å². The van der Waals surface area contributed by atoms with Crippen LogP contribution in [0, 0.1) is 0 Å². The molecule has 1 aliphatic carbocycles. The SMILES string of the molecule is CC(=O)OC(C)(C)C.CCCC(CCC)N(C(=O)Nc1ncc(CN2CCN(S(=O)(=O)CC)CC2)s1)C1CCCCC1. The number of esters is 1. The van der Waals surface area contributed by atoms with E-state index in [1.165, 1.54) is 37.5 Å². The van der Waals surface area contributed by atoms with Gasteiger partial charge in [-0.3, -0.25) is 15.0 Å². The molecule has 242 valence electrons. The summed E-state index contributed by atoms with van der Waals surface area (Å²) in [5, 5.41) is 3.77. The number of rotatable bonds is 11. The number of piperazine rings is 1. The van der Waals surface area contributed by atoms with Gasteiger partial charge in [-0.05, 0) is 53.4 Å². The number of nitrogens with zero attached hydrogens (tertiary/aromatic N) is 4. The van der Waals surface area contributed by atoms with Crippen molar-refractivity contribution < 1.29 is 22.7 Å². The molecular formula is C30H55N5O5S2. The van der Waals surface area contributed by atoms with Gasteiger partial charge in [-0.1, -0.05) is 46.0 Å². The smallest absolute Gasteiger partial charge is 0.324 e. The predicted molar refractivity (Wildman–Crippen MR) is 171 cm³/mol. The van der Waals surface area contributed by atoms with Crippen molar-refractivity contribution in [2.75, 3.05) is 37.2 Å². The molecule has 0 aromatic carbocycles. The maximum atomic E-state index is 13.5. The number of amides is 2. The summed E-state index contributed by atoms with van der Waals surface area (Å²) >= 11 is 1.52. The molecule has 0 unspecified atom stereocenters. The van der Waals surface area contributed by atoms with Crippen molar-refractivity contribution in [3.8, 4) is 0 Å². The Bertz CT molecular complexity index is 1050. The van der Waals surface area contributed by atoms with Gasteiger partial charge in [-0.2, -0.15) is 4.31 Å². The molecular weight excluding hydrogens is 574 g/mol. The fourth-order valence-electron chi connectivity index (χ4n) is 5.67. The normalized spacial score (nSPS) is 17.4. The summed E-state index contributed by atoms with van der Waals surface area (Å²) in [6.45, 7) is 16.2. The third-order valence-corrected chi connectivity index (χ3v) is 10.3. The second kappa shape index (κ2) is 17.5. The molecule has 1 aromatic heterocycles. The van der Waals surface area contributed by atoms with Crippen LogP contribution in [0.5, 0.6) is 0 Å². The summed E-state index contributed by atoms with van der Waals surface area (Å²) < 4.78 is 30.5. The first-order valence-corrected chi connectivity index (χ1v) is 18.2. The Kier molecular flexibility index (Phi) is 15.2. The lowest BCUT2D eigenvalue weighted by molar-refractivity contribution is -0.151. The molecule has 1 saturated carbocycles. The highest BCUT2D eigenvalue weighted by molar-refractivity contribution is 7.89. The summed E-state index contributed by atoms with van der Waals surface area (Å²) in [5.41, 5.74) is -0.328. The van der Waals surface area contributed by atoms with Crippen LogP contribution in [-0.4, -0.2) is 89.1 Å². The van der Waals surface area contributed by atoms with Gasteiger partial charge in [0.1, 0.15) is 5.60 Å². The van der Waals surface area contributed by atoms with E-state index in [1.807, 2.05) is 27.0 Å². The highest BCUT2D eigenvalue weighted by Gasteiger charge is 2.31. The van der Waals surface area contributed by atoms with E-state index >= 15 is 0 Å². The van der Waals surface area contributed by atoms with Crippen molar-refractivity contribution in [2.45, 2.75) is 130 Å². The maximum absolute atomic E-state index is 13.5. The van der Waals surface area contributed by atoms with E-state index in [0.29, 0.717) is 37.4 Å². The highest BCUT2D eigenvalue weighted by atomic mass is 32.2. The Hall–Kier alpha value is -1.76. The van der Waals surface area contributed by atoms with Crippen molar-refractivity contribution in [3.05, 3.63) is 11.1 Å². The number of hydrogen-bond donors (Lipinski definition) is 1. The number of urea groups is 1. The van der Waals surface area contributed by atoms with E-state index in [1.54, 1.807) is 11.2 Å². The molecule has 2 fully saturated rings. The second-order valence-corrected chi connectivity index (χ2v) is 15.6. The zero-order chi connectivity index (χ0) is 31.3. The molecule has 10 nitrogen and oxygen atoms in total. The molecule has 0 radical (unpaired) electrons. The van der Waals surface area contributed by atoms with Crippen molar-refractivity contribution in [2.24, 2.45) is 0 Å². The number of ether oxygens (including phenoxy) is 1. The van der Waals surface area contributed by atoms with Gasteiger partial charge in [0.2, 0.25) is 10.0 Å². The van der Waals surface area contributed by atoms with Crippen molar-refractivity contribution in [1.82, 2.24) is 19.1 Å². The quantitative estimate of drug-likeness (QED) is 0.295. The van der Waals surface area contributed by atoms with Crippen LogP contribution in [-0.2, 0) is 26.1 Å². The van der Waals surface area contributed by atoms with Crippen LogP contribution >= 0.6 is 11.3 Å². The minimum Gasteiger partial charge on any atom is -0.460 e. The number of nitrogens with one attached hydrogen (secondary N) is 1. The summed E-state index contributed by atoms with van der Waals surface area (Å²) in [6.07, 6.45) is 12.0. The number of anilines is 1. The van der Waals surface area contributed by atoms with Crippen molar-refractivity contribution in [3.63, 3.8) is 0 Å². The van der Waals surface area contributed by atoms with E-state index in [9.17, 15) is 18.0 Å². The Morgan fingerprint density at radius 1 is 1.07 bits per heavy atom. The lowest BCUT2D eigenvalue weighted by atomic mass is 9.92. The van der Waals surface area contributed by atoms with Crippen LogP contribution in [0.4, 0.5) is 9.93 Å². The average molecular weight is 630 g/mol. The molecule has 1 aromatic rings. The summed E-state index contributed by atoms with van der Waals surface area (Å²) in [7, 11) is -3.12. The van der Waals surface area contributed by atoms with Crippen LogP contribution in [0.1, 0.15) is 111 Å². The number of sulfonamides is 1. The molecule has 1 N–H and O–H groups in total. The molecule has 2 aliphatic rings. The average Bonchev–Trinajstić information content (AvgIpc) is 3.35. The minimum atomic E-state index is -3.12. The van der Waals surface area contributed by atoms with Gasteiger partial charge in [-0.15, -0.1) is 11.3 Å². The largest absolute Gasteiger partial charge is 0.460 e. The monoisotopic (exact) mass is 629 g/mol. The summed E-state index contributed by atoms with van der Waals surface area (Å²) in [4.78, 5) is 33.7. The van der Waals surface area contributed by atoms with Gasteiger partial charge in [0, 0.05) is 62.8 Å². The van der Waals surface area contributed by atoms with Crippen molar-refractivity contribution in [1.29, 1.82) is 0 Å². The minimum absolute atomic E-state index is 0.00177. The molecule has 0 spiro atoms. The number of thiazole rings is 1. The van der Waals surface area contributed by atoms with Gasteiger partial charge >= 0.3 is 12.0 Å². The van der Waals surface area contributed by atoms with E-state index in [-0.39, 0.29) is 29.4 Å². The lowest BCUT2D eigenvalue weighted by Crippen LogP contribution is -2.50. The number of carbonyl (C=O) groups is 2. The molecule has 2 amide bonds. The van der Waals surface area contributed by atoms with Gasteiger partial charge in [-0.25, -0.2) is 18.2 Å². The molecule has 12 heteroatoms. The zero-order valence-electron chi connectivity index (χ0n) is 27.0. The first-order chi connectivity index (χ1) is 19.8. The standard InChI is InChI=1S/C24H43N5O3S2.C6H12O2/c1-4-10-20(11-5-2)29(21-12-8-7-9-13-21)24(30)26-23-25-18-22(33-23)19-27-14-16-28(17-15-27)34(31,32)6-3;1-5(7)8-6(2,3)4/h18,20-21H,4-17,19H2,1-3H3,(H,25,26,30);1-4H3. The molecule has 0 bridgehead atoms. The molecule has 3 rings (SSSR count). The van der Waals surface area contributed by atoms with Crippen LogP contribution in [0.15, 0.2) is 6.20 Å². The predicted octanol–water partition coefficient (Wildman–Crippen LogP) is 6.09. The van der Waals surface area contributed by atoms with Crippen LogP contribution in [0.3, 0.4) is 0 Å². The summed E-state index contributed by atoms with van der Waals surface area (Å²) in [5.74, 6) is -0.0716. The second-order valence-electron chi connectivity index (χ2n) is 12.3. The Labute approximate surface area is 258 Å². The van der Waals surface area contributed by atoms with E-state index in [0.717, 1.165) is 49.9 Å². The molecule has 0 atom stereocenters. The Morgan fingerprint density at radius 2 is 1.67 bits per heavy atom. The fourth-order valence-corrected chi connectivity index (χ4v) is 7.60. The Balaban J connectivity index is 0.000000675. The van der Waals surface area contributed by atoms with Crippen LogP contribution < -0.4 is 5.32 Å². The Morgan fingerprint density at radius 3 is 2.14 bits per heavy atom. The fraction of sp³-hybridized carbons (Fsp3) is 0.833. The third kappa shape index (κ3) is 12.5. The van der Waals surface area contributed by atoms with Crippen LogP contribution in [0.2, 0.25) is 0 Å². The molecule has 2 heterocycles. The zero-order valence-corrected chi connectivity index (χ0v) is 28.6. The van der Waals surface area contributed by atoms with E-state index < -0.39 is 10.0 Å². The maximum Gasteiger partial charge on any atom is 0.324 e. The highest BCUT2D eigenvalue weighted by Crippen LogP contribution is 2.29. The topological polar surface area (TPSA) is 112 Å². The van der Waals surface area contributed by atoms with Crippen LogP contribution in [0.25, 0.3) is 0 Å². The van der Waals surface area contributed by atoms with Crippen molar-refractivity contribution >= 4 is 38.5 Å². The summed E-state index contributed by atoms with van der Waals surface area (Å²) in [6, 6.07) is 0.610. The first-order valence-electron chi connectivity index (χ1n) is 15.7. The molecule has 1 aliphatic heterocycles. The number of hydrogen-bond acceptors (Lipinski definition) is 8. The lowest BCUT2D eigenvalue weighted by Gasteiger charge is -2.40. The van der Waals surface area contributed by atoms with Gasteiger partial charge in [0.15, 0.2) is 5.13 Å².